The van der Waals surface area contributed by atoms with Crippen molar-refractivity contribution < 1.29 is 4.79 Å². The van der Waals surface area contributed by atoms with Crippen LogP contribution in [0.2, 0.25) is 0 Å². The maximum absolute atomic E-state index is 12.0. The van der Waals surface area contributed by atoms with Gasteiger partial charge < -0.3 is 10.2 Å². The van der Waals surface area contributed by atoms with Crippen LogP contribution in [0.3, 0.4) is 0 Å². The van der Waals surface area contributed by atoms with Crippen molar-refractivity contribution >= 4 is 5.91 Å². The molecule has 0 aliphatic heterocycles. The van der Waals surface area contributed by atoms with Gasteiger partial charge in [0, 0.05) is 18.6 Å². The Kier molecular flexibility index (Phi) is 5.26. The first-order valence-electron chi connectivity index (χ1n) is 6.57. The summed E-state index contributed by atoms with van der Waals surface area (Å²) in [6, 6.07) is 0.970. The lowest BCUT2D eigenvalue weighted by Gasteiger charge is -2.25. The molecule has 3 heteroatoms. The number of amides is 1. The Balaban J connectivity index is 2.35. The number of carbonyl (C=O) groups excluding carboxylic acids is 1. The molecule has 0 saturated heterocycles. The maximum atomic E-state index is 12.0. The molecular formula is C13H26N2O. The Morgan fingerprint density at radius 3 is 2.44 bits per heavy atom. The van der Waals surface area contributed by atoms with Crippen LogP contribution in [-0.2, 0) is 4.79 Å². The monoisotopic (exact) mass is 226 g/mol. The summed E-state index contributed by atoms with van der Waals surface area (Å²) < 4.78 is 0. The molecule has 0 radical (unpaired) electrons. The van der Waals surface area contributed by atoms with E-state index in [0.717, 1.165) is 13.0 Å². The van der Waals surface area contributed by atoms with Gasteiger partial charge in [0.25, 0.3) is 0 Å². The second-order valence-corrected chi connectivity index (χ2v) is 5.36. The summed E-state index contributed by atoms with van der Waals surface area (Å²) in [7, 11) is 0. The fraction of sp³-hybridized carbons (Fsp3) is 0.923. The summed E-state index contributed by atoms with van der Waals surface area (Å²) in [6.07, 6.45) is 3.46. The highest BCUT2D eigenvalue weighted by Gasteiger charge is 2.32. The number of rotatable bonds is 7. The molecule has 16 heavy (non-hydrogen) atoms. The Hall–Kier alpha value is -0.570. The zero-order valence-electron chi connectivity index (χ0n) is 11.1. The van der Waals surface area contributed by atoms with Crippen LogP contribution in [0.25, 0.3) is 0 Å². The lowest BCUT2D eigenvalue weighted by atomic mass is 10.2. The van der Waals surface area contributed by atoms with Crippen molar-refractivity contribution in [2.45, 2.75) is 59.0 Å². The van der Waals surface area contributed by atoms with E-state index in [9.17, 15) is 4.79 Å². The average molecular weight is 226 g/mol. The lowest BCUT2D eigenvalue weighted by molar-refractivity contribution is -0.131. The summed E-state index contributed by atoms with van der Waals surface area (Å²) >= 11 is 0. The fourth-order valence-electron chi connectivity index (χ4n) is 1.74. The molecule has 1 amide bonds. The van der Waals surface area contributed by atoms with E-state index in [1.54, 1.807) is 0 Å². The average Bonchev–Trinajstić information content (AvgIpc) is 3.05. The van der Waals surface area contributed by atoms with Crippen molar-refractivity contribution in [3.63, 3.8) is 0 Å². The van der Waals surface area contributed by atoms with E-state index < -0.39 is 0 Å². The molecule has 0 aromatic carbocycles. The van der Waals surface area contributed by atoms with Gasteiger partial charge in [-0.25, -0.2) is 0 Å². The van der Waals surface area contributed by atoms with Gasteiger partial charge in [-0.1, -0.05) is 20.8 Å². The van der Waals surface area contributed by atoms with Crippen molar-refractivity contribution in [3.05, 3.63) is 0 Å². The molecule has 1 unspecified atom stereocenters. The second kappa shape index (κ2) is 6.24. The summed E-state index contributed by atoms with van der Waals surface area (Å²) in [5.41, 5.74) is 0. The van der Waals surface area contributed by atoms with Crippen molar-refractivity contribution in [1.29, 1.82) is 0 Å². The van der Waals surface area contributed by atoms with Gasteiger partial charge in [-0.15, -0.1) is 0 Å². The van der Waals surface area contributed by atoms with Gasteiger partial charge in [-0.05, 0) is 32.1 Å². The Bertz CT molecular complexity index is 224. The van der Waals surface area contributed by atoms with Crippen molar-refractivity contribution in [2.75, 3.05) is 13.1 Å². The minimum absolute atomic E-state index is 0.275. The van der Waals surface area contributed by atoms with E-state index in [0.29, 0.717) is 24.5 Å². The quantitative estimate of drug-likeness (QED) is 0.720. The van der Waals surface area contributed by atoms with E-state index in [2.05, 4.69) is 37.9 Å². The van der Waals surface area contributed by atoms with Crippen LogP contribution in [0.4, 0.5) is 0 Å². The van der Waals surface area contributed by atoms with Crippen LogP contribution in [0.15, 0.2) is 0 Å². The molecule has 1 saturated carbocycles. The highest BCUT2D eigenvalue weighted by Crippen LogP contribution is 2.27. The predicted octanol–water partition coefficient (Wildman–Crippen LogP) is 2.02. The molecule has 3 nitrogen and oxygen atoms in total. The summed E-state index contributed by atoms with van der Waals surface area (Å²) in [5.74, 6) is 0.838. The molecule has 1 aliphatic rings. The normalized spacial score (nSPS) is 17.6. The number of hydrogen-bond donors (Lipinski definition) is 1. The molecule has 1 fully saturated rings. The van der Waals surface area contributed by atoms with Crippen LogP contribution >= 0.6 is 0 Å². The lowest BCUT2D eigenvalue weighted by Crippen LogP contribution is -2.43. The minimum Gasteiger partial charge on any atom is -0.338 e. The number of carbonyl (C=O) groups is 1. The maximum Gasteiger partial charge on any atom is 0.236 e. The van der Waals surface area contributed by atoms with E-state index in [-0.39, 0.29) is 5.91 Å². The minimum atomic E-state index is 0.275. The van der Waals surface area contributed by atoms with Crippen molar-refractivity contribution in [1.82, 2.24) is 10.2 Å². The highest BCUT2D eigenvalue weighted by molar-refractivity contribution is 5.79. The molecule has 1 aliphatic carbocycles. The summed E-state index contributed by atoms with van der Waals surface area (Å²) in [6.45, 7) is 10.0. The Labute approximate surface area is 99.6 Å². The summed E-state index contributed by atoms with van der Waals surface area (Å²) in [5, 5.41) is 3.28. The Morgan fingerprint density at radius 2 is 2.00 bits per heavy atom. The third-order valence-corrected chi connectivity index (χ3v) is 3.08. The molecule has 0 aromatic rings. The Morgan fingerprint density at radius 1 is 1.38 bits per heavy atom. The first-order chi connectivity index (χ1) is 7.54. The van der Waals surface area contributed by atoms with Gasteiger partial charge in [0.1, 0.15) is 0 Å². The van der Waals surface area contributed by atoms with Crippen LogP contribution in [0.5, 0.6) is 0 Å². The van der Waals surface area contributed by atoms with Crippen molar-refractivity contribution in [2.24, 2.45) is 5.92 Å². The van der Waals surface area contributed by atoms with Crippen LogP contribution < -0.4 is 5.32 Å². The first-order valence-corrected chi connectivity index (χ1v) is 6.57. The largest absolute Gasteiger partial charge is 0.338 e. The molecule has 1 atom stereocenters. The van der Waals surface area contributed by atoms with Gasteiger partial charge in [0.2, 0.25) is 5.91 Å². The molecule has 0 heterocycles. The SMILES string of the molecule is CCC(C)NCC(=O)N(CC(C)C)C1CC1. The standard InChI is InChI=1S/C13H26N2O/c1-5-11(4)14-8-13(16)15(9-10(2)3)12-6-7-12/h10-12,14H,5-9H2,1-4H3. The summed E-state index contributed by atoms with van der Waals surface area (Å²) in [4.78, 5) is 14.1. The van der Waals surface area contributed by atoms with Crippen LogP contribution in [-0.4, -0.2) is 36.0 Å². The zero-order valence-corrected chi connectivity index (χ0v) is 11.1. The highest BCUT2D eigenvalue weighted by atomic mass is 16.2. The number of nitrogens with zero attached hydrogens (tertiary/aromatic N) is 1. The molecule has 1 N–H and O–H groups in total. The van der Waals surface area contributed by atoms with Gasteiger partial charge in [0.05, 0.1) is 6.54 Å². The molecular weight excluding hydrogens is 200 g/mol. The van der Waals surface area contributed by atoms with Gasteiger partial charge in [-0.2, -0.15) is 0 Å². The predicted molar refractivity (Wildman–Crippen MR) is 67.3 cm³/mol. The molecule has 0 bridgehead atoms. The van der Waals surface area contributed by atoms with Crippen molar-refractivity contribution in [3.8, 4) is 0 Å². The molecule has 0 aromatic heterocycles. The van der Waals surface area contributed by atoms with Crippen LogP contribution in [0, 0.1) is 5.92 Å². The second-order valence-electron chi connectivity index (χ2n) is 5.36. The topological polar surface area (TPSA) is 32.3 Å². The van der Waals surface area contributed by atoms with E-state index in [1.807, 2.05) is 0 Å². The first kappa shape index (κ1) is 13.5. The van der Waals surface area contributed by atoms with Gasteiger partial charge in [0.15, 0.2) is 0 Å². The van der Waals surface area contributed by atoms with E-state index in [1.165, 1.54) is 12.8 Å². The number of hydrogen-bond acceptors (Lipinski definition) is 2. The molecule has 0 spiro atoms. The van der Waals surface area contributed by atoms with E-state index >= 15 is 0 Å². The zero-order chi connectivity index (χ0) is 12.1. The molecule has 94 valence electrons. The van der Waals surface area contributed by atoms with Crippen LogP contribution in [0.1, 0.15) is 47.0 Å². The number of nitrogens with one attached hydrogen (secondary N) is 1. The fourth-order valence-corrected chi connectivity index (χ4v) is 1.74. The van der Waals surface area contributed by atoms with Gasteiger partial charge in [-0.3, -0.25) is 4.79 Å². The molecule has 1 rings (SSSR count). The smallest absolute Gasteiger partial charge is 0.236 e. The van der Waals surface area contributed by atoms with Gasteiger partial charge >= 0.3 is 0 Å². The van der Waals surface area contributed by atoms with E-state index in [4.69, 9.17) is 0 Å². The third kappa shape index (κ3) is 4.52. The third-order valence-electron chi connectivity index (χ3n) is 3.08.